The Bertz CT molecular complexity index is 1040. The van der Waals surface area contributed by atoms with Crippen molar-refractivity contribution in [3.05, 3.63) is 60.0 Å². The highest BCUT2D eigenvalue weighted by atomic mass is 16.5. The van der Waals surface area contributed by atoms with E-state index in [1.165, 1.54) is 0 Å². The van der Waals surface area contributed by atoms with E-state index in [4.69, 9.17) is 4.74 Å². The Morgan fingerprint density at radius 1 is 1.17 bits per heavy atom. The van der Waals surface area contributed by atoms with Crippen molar-refractivity contribution >= 4 is 17.5 Å². The van der Waals surface area contributed by atoms with Gasteiger partial charge in [-0.2, -0.15) is 0 Å². The summed E-state index contributed by atoms with van der Waals surface area (Å²) >= 11 is 0. The van der Waals surface area contributed by atoms with Crippen LogP contribution in [0, 0.1) is 0 Å². The molecule has 0 aliphatic heterocycles. The molecule has 3 aromatic rings. The second kappa shape index (κ2) is 9.25. The summed E-state index contributed by atoms with van der Waals surface area (Å²) in [5, 5.41) is 17.8. The number of hydrogen-bond acceptors (Lipinski definition) is 5. The number of ether oxygens (including phenoxy) is 1. The first-order valence-corrected chi connectivity index (χ1v) is 9.95. The highest BCUT2D eigenvalue weighted by Gasteiger charge is 2.23. The molecule has 1 aromatic carbocycles. The molecule has 1 aliphatic rings. The van der Waals surface area contributed by atoms with E-state index in [9.17, 15) is 4.79 Å². The van der Waals surface area contributed by atoms with Crippen molar-refractivity contribution in [3.63, 3.8) is 0 Å². The summed E-state index contributed by atoms with van der Waals surface area (Å²) in [6.45, 7) is 1.08. The van der Waals surface area contributed by atoms with E-state index in [1.807, 2.05) is 53.1 Å². The third kappa shape index (κ3) is 5.25. The molecule has 2 aromatic heterocycles. The fraction of sp³-hybridized carbons (Fsp3) is 0.333. The highest BCUT2D eigenvalue weighted by molar-refractivity contribution is 5.79. The first kappa shape index (κ1) is 19.7. The Morgan fingerprint density at radius 2 is 2.03 bits per heavy atom. The zero-order chi connectivity index (χ0) is 20.8. The molecule has 1 fully saturated rings. The van der Waals surface area contributed by atoms with Gasteiger partial charge >= 0.3 is 0 Å². The normalized spacial score (nSPS) is 13.8. The van der Waals surface area contributed by atoms with Crippen LogP contribution in [-0.4, -0.2) is 46.2 Å². The average molecular weight is 407 g/mol. The van der Waals surface area contributed by atoms with E-state index >= 15 is 0 Å². The minimum absolute atomic E-state index is 0.0307. The molecule has 9 nitrogen and oxygen atoms in total. The summed E-state index contributed by atoms with van der Waals surface area (Å²) in [7, 11) is 1.72. The van der Waals surface area contributed by atoms with Gasteiger partial charge in [-0.1, -0.05) is 18.2 Å². The van der Waals surface area contributed by atoms with Crippen molar-refractivity contribution in [1.29, 1.82) is 0 Å². The van der Waals surface area contributed by atoms with Crippen molar-refractivity contribution < 1.29 is 9.53 Å². The third-order valence-corrected chi connectivity index (χ3v) is 4.69. The maximum Gasteiger partial charge on any atom is 0.258 e. The number of benzene rings is 1. The minimum atomic E-state index is -0.0772. The summed E-state index contributed by atoms with van der Waals surface area (Å²) in [4.78, 5) is 16.0. The van der Waals surface area contributed by atoms with E-state index in [1.54, 1.807) is 7.05 Å². The van der Waals surface area contributed by atoms with Crippen LogP contribution in [0.25, 0.3) is 5.65 Å². The number of aromatic nitrogens is 3. The molecule has 1 aliphatic carbocycles. The van der Waals surface area contributed by atoms with Gasteiger partial charge in [-0.25, -0.2) is 0 Å². The van der Waals surface area contributed by atoms with Crippen molar-refractivity contribution in [2.45, 2.75) is 32.0 Å². The number of guanidine groups is 1. The molecule has 0 bridgehead atoms. The molecular weight excluding hydrogens is 382 g/mol. The lowest BCUT2D eigenvalue weighted by Crippen LogP contribution is -2.36. The van der Waals surface area contributed by atoms with E-state index in [-0.39, 0.29) is 12.5 Å². The fourth-order valence-electron chi connectivity index (χ4n) is 2.97. The maximum absolute atomic E-state index is 11.8. The molecule has 0 radical (unpaired) electrons. The number of pyridine rings is 1. The fourth-order valence-corrected chi connectivity index (χ4v) is 2.97. The molecule has 2 heterocycles. The van der Waals surface area contributed by atoms with Crippen molar-refractivity contribution in [3.8, 4) is 5.75 Å². The second-order valence-electron chi connectivity index (χ2n) is 7.10. The molecule has 0 spiro atoms. The number of hydrogen-bond donors (Lipinski definition) is 3. The largest absolute Gasteiger partial charge is 0.484 e. The van der Waals surface area contributed by atoms with Gasteiger partial charge in [0.05, 0.1) is 6.54 Å². The highest BCUT2D eigenvalue weighted by Crippen LogP contribution is 2.18. The van der Waals surface area contributed by atoms with Gasteiger partial charge in [-0.15, -0.1) is 10.2 Å². The van der Waals surface area contributed by atoms with Crippen LogP contribution in [0.3, 0.4) is 0 Å². The van der Waals surface area contributed by atoms with Gasteiger partial charge in [0.1, 0.15) is 5.75 Å². The number of aliphatic imine (C=N–C) groups is 1. The smallest absolute Gasteiger partial charge is 0.258 e. The average Bonchev–Trinajstić information content (AvgIpc) is 3.49. The summed E-state index contributed by atoms with van der Waals surface area (Å²) in [5.41, 5.74) is 1.82. The maximum atomic E-state index is 11.8. The zero-order valence-corrected chi connectivity index (χ0v) is 16.8. The van der Waals surface area contributed by atoms with Gasteiger partial charge in [-0.05, 0) is 42.7 Å². The lowest BCUT2D eigenvalue weighted by Gasteiger charge is -2.12. The van der Waals surface area contributed by atoms with Crippen LogP contribution < -0.4 is 20.7 Å². The quantitative estimate of drug-likeness (QED) is 0.383. The zero-order valence-electron chi connectivity index (χ0n) is 16.8. The number of rotatable bonds is 8. The molecule has 0 saturated heterocycles. The lowest BCUT2D eigenvalue weighted by atomic mass is 10.2. The molecule has 3 N–H and O–H groups in total. The van der Waals surface area contributed by atoms with Crippen molar-refractivity contribution in [2.75, 3.05) is 13.7 Å². The summed E-state index contributed by atoms with van der Waals surface area (Å²) in [5.74, 6) is 2.04. The third-order valence-electron chi connectivity index (χ3n) is 4.69. The first-order valence-electron chi connectivity index (χ1n) is 9.95. The van der Waals surface area contributed by atoms with Crippen LogP contribution in [0.15, 0.2) is 53.7 Å². The van der Waals surface area contributed by atoms with Gasteiger partial charge in [0, 0.05) is 25.8 Å². The van der Waals surface area contributed by atoms with Gasteiger partial charge in [0.25, 0.3) is 5.91 Å². The molecule has 4 rings (SSSR count). The predicted octanol–water partition coefficient (Wildman–Crippen LogP) is 1.25. The van der Waals surface area contributed by atoms with Crippen LogP contribution in [0.1, 0.15) is 24.2 Å². The monoisotopic (exact) mass is 407 g/mol. The molecule has 0 unspecified atom stereocenters. The van der Waals surface area contributed by atoms with E-state index in [2.05, 4.69) is 31.1 Å². The number of nitrogens with one attached hydrogen (secondary N) is 3. The number of carbonyl (C=O) groups excluding carboxylic acids is 1. The van der Waals surface area contributed by atoms with Crippen LogP contribution >= 0.6 is 0 Å². The summed E-state index contributed by atoms with van der Waals surface area (Å²) in [6.07, 6.45) is 4.06. The minimum Gasteiger partial charge on any atom is -0.484 e. The standard InChI is InChI=1S/C21H25N7O2/c1-22-21(24-13-19-27-26-18-7-2-3-10-28(18)19)23-12-15-5-4-6-17(11-15)30-14-20(29)25-16-8-9-16/h2-7,10-11,16H,8-9,12-14H2,1H3,(H,25,29)(H2,22,23,24). The van der Waals surface area contributed by atoms with Crippen molar-refractivity contribution in [1.82, 2.24) is 30.5 Å². The molecule has 1 saturated carbocycles. The summed E-state index contributed by atoms with van der Waals surface area (Å²) in [6, 6.07) is 13.8. The Balaban J connectivity index is 1.26. The van der Waals surface area contributed by atoms with Crippen molar-refractivity contribution in [2.24, 2.45) is 4.99 Å². The number of amides is 1. The Labute approximate surface area is 174 Å². The number of carbonyl (C=O) groups is 1. The van der Waals surface area contributed by atoms with Crippen LogP contribution in [0.4, 0.5) is 0 Å². The van der Waals surface area contributed by atoms with Crippen LogP contribution in [0.2, 0.25) is 0 Å². The van der Waals surface area contributed by atoms with E-state index < -0.39 is 0 Å². The number of fused-ring (bicyclic) bond motifs is 1. The first-order chi connectivity index (χ1) is 14.7. The topological polar surface area (TPSA) is 105 Å². The van der Waals surface area contributed by atoms with E-state index in [0.717, 1.165) is 29.9 Å². The predicted molar refractivity (Wildman–Crippen MR) is 113 cm³/mol. The molecular formula is C21H25N7O2. The molecule has 156 valence electrons. The molecule has 30 heavy (non-hydrogen) atoms. The van der Waals surface area contributed by atoms with Crippen LogP contribution in [0.5, 0.6) is 5.75 Å². The van der Waals surface area contributed by atoms with Gasteiger partial charge in [0.15, 0.2) is 24.0 Å². The Kier molecular flexibility index (Phi) is 6.07. The van der Waals surface area contributed by atoms with Gasteiger partial charge in [-0.3, -0.25) is 14.2 Å². The SMILES string of the molecule is CN=C(NCc1cccc(OCC(=O)NC2CC2)c1)NCc1nnc2ccccn12. The number of nitrogens with zero attached hydrogens (tertiary/aromatic N) is 4. The summed E-state index contributed by atoms with van der Waals surface area (Å²) < 4.78 is 7.53. The second-order valence-corrected chi connectivity index (χ2v) is 7.10. The van der Waals surface area contributed by atoms with Gasteiger partial charge < -0.3 is 20.7 Å². The molecule has 9 heteroatoms. The van der Waals surface area contributed by atoms with Crippen LogP contribution in [-0.2, 0) is 17.9 Å². The Morgan fingerprint density at radius 3 is 2.87 bits per heavy atom. The lowest BCUT2D eigenvalue weighted by molar-refractivity contribution is -0.123. The Hall–Kier alpha value is -3.62. The van der Waals surface area contributed by atoms with E-state index in [0.29, 0.717) is 30.8 Å². The van der Waals surface area contributed by atoms with Gasteiger partial charge in [0.2, 0.25) is 0 Å². The molecule has 0 atom stereocenters. The molecule has 1 amide bonds.